The highest BCUT2D eigenvalue weighted by Crippen LogP contribution is 2.35. The molecular weight excluding hydrogens is 260 g/mol. The Labute approximate surface area is 118 Å². The number of nitrogens with zero attached hydrogens (tertiary/aromatic N) is 1. The highest BCUT2D eigenvalue weighted by molar-refractivity contribution is 6.31. The molecule has 0 bridgehead atoms. The van der Waals surface area contributed by atoms with E-state index in [9.17, 15) is 0 Å². The van der Waals surface area contributed by atoms with Crippen molar-refractivity contribution in [1.82, 2.24) is 9.97 Å². The number of hydrogen-bond acceptors (Lipinski definition) is 2. The lowest BCUT2D eigenvalue weighted by Gasteiger charge is -2.22. The molecule has 0 radical (unpaired) electrons. The van der Waals surface area contributed by atoms with Crippen molar-refractivity contribution < 1.29 is 5.11 Å². The van der Waals surface area contributed by atoms with Gasteiger partial charge in [-0.1, -0.05) is 50.1 Å². The maximum atomic E-state index is 9.16. The minimum Gasteiger partial charge on any atom is -0.390 e. The van der Waals surface area contributed by atoms with Gasteiger partial charge >= 0.3 is 0 Å². The van der Waals surface area contributed by atoms with E-state index in [1.165, 1.54) is 0 Å². The van der Waals surface area contributed by atoms with Crippen LogP contribution in [0, 0.1) is 5.92 Å². The second-order valence-electron chi connectivity index (χ2n) is 4.84. The topological polar surface area (TPSA) is 48.9 Å². The Kier molecular flexibility index (Phi) is 4.61. The molecule has 4 heteroatoms. The van der Waals surface area contributed by atoms with E-state index in [1.54, 1.807) is 6.20 Å². The van der Waals surface area contributed by atoms with Crippen molar-refractivity contribution in [2.75, 3.05) is 0 Å². The van der Waals surface area contributed by atoms with Crippen molar-refractivity contribution in [2.45, 2.75) is 32.8 Å². The van der Waals surface area contributed by atoms with Crippen LogP contribution in [0.1, 0.15) is 43.3 Å². The Hall–Kier alpha value is -1.32. The quantitative estimate of drug-likeness (QED) is 0.875. The highest BCUT2D eigenvalue weighted by Gasteiger charge is 2.24. The summed E-state index contributed by atoms with van der Waals surface area (Å²) >= 11 is 6.32. The van der Waals surface area contributed by atoms with Crippen LogP contribution in [-0.2, 0) is 6.61 Å². The van der Waals surface area contributed by atoms with E-state index in [2.05, 4.69) is 23.8 Å². The Bertz CT molecular complexity index is 538. The molecule has 2 atom stereocenters. The van der Waals surface area contributed by atoms with Crippen molar-refractivity contribution in [3.63, 3.8) is 0 Å². The van der Waals surface area contributed by atoms with Crippen molar-refractivity contribution in [3.05, 3.63) is 52.6 Å². The van der Waals surface area contributed by atoms with E-state index in [0.29, 0.717) is 5.92 Å². The van der Waals surface area contributed by atoms with Gasteiger partial charge in [0.25, 0.3) is 0 Å². The molecule has 3 nitrogen and oxygen atoms in total. The van der Waals surface area contributed by atoms with E-state index >= 15 is 0 Å². The fourth-order valence-electron chi connectivity index (χ4n) is 2.30. The molecule has 2 rings (SSSR count). The molecule has 0 saturated carbocycles. The summed E-state index contributed by atoms with van der Waals surface area (Å²) in [5.74, 6) is 1.41. The van der Waals surface area contributed by atoms with Gasteiger partial charge in [0.2, 0.25) is 0 Å². The smallest absolute Gasteiger partial charge is 0.114 e. The number of aromatic nitrogens is 2. The summed E-state index contributed by atoms with van der Waals surface area (Å²) in [6.07, 6.45) is 2.71. The first-order valence-corrected chi connectivity index (χ1v) is 6.94. The molecule has 2 unspecified atom stereocenters. The van der Waals surface area contributed by atoms with Crippen molar-refractivity contribution in [2.24, 2.45) is 5.92 Å². The predicted octanol–water partition coefficient (Wildman–Crippen LogP) is 3.73. The first-order chi connectivity index (χ1) is 9.17. The highest BCUT2D eigenvalue weighted by atomic mass is 35.5. The van der Waals surface area contributed by atoms with Crippen LogP contribution in [0.2, 0.25) is 5.02 Å². The number of aliphatic hydroxyl groups excluding tert-OH is 1. The van der Waals surface area contributed by atoms with Crippen LogP contribution >= 0.6 is 11.6 Å². The number of nitrogens with one attached hydrogen (secondary N) is 1. The Morgan fingerprint density at radius 2 is 2.11 bits per heavy atom. The van der Waals surface area contributed by atoms with E-state index < -0.39 is 0 Å². The third kappa shape index (κ3) is 2.99. The van der Waals surface area contributed by atoms with Gasteiger partial charge in [-0.15, -0.1) is 0 Å². The molecule has 19 heavy (non-hydrogen) atoms. The summed E-state index contributed by atoms with van der Waals surface area (Å²) in [5.41, 5.74) is 1.81. The lowest BCUT2D eigenvalue weighted by molar-refractivity contribution is 0.277. The van der Waals surface area contributed by atoms with E-state index in [1.807, 2.05) is 24.3 Å². The van der Waals surface area contributed by atoms with Gasteiger partial charge in [0.05, 0.1) is 18.5 Å². The van der Waals surface area contributed by atoms with Gasteiger partial charge in [0.1, 0.15) is 5.82 Å². The molecule has 1 aromatic heterocycles. The minimum atomic E-state index is -0.0251. The predicted molar refractivity (Wildman–Crippen MR) is 77.3 cm³/mol. The molecule has 0 fully saturated rings. The normalized spacial score (nSPS) is 14.3. The average Bonchev–Trinajstić information content (AvgIpc) is 2.89. The fourth-order valence-corrected chi connectivity index (χ4v) is 2.55. The van der Waals surface area contributed by atoms with E-state index in [0.717, 1.165) is 28.5 Å². The van der Waals surface area contributed by atoms with Crippen LogP contribution in [0.5, 0.6) is 0 Å². The first-order valence-electron chi connectivity index (χ1n) is 6.56. The van der Waals surface area contributed by atoms with Gasteiger partial charge in [-0.25, -0.2) is 4.98 Å². The molecule has 2 aromatic rings. The molecular formula is C15H19ClN2O. The van der Waals surface area contributed by atoms with Crippen LogP contribution in [-0.4, -0.2) is 15.1 Å². The number of aromatic amines is 1. The maximum absolute atomic E-state index is 9.16. The number of benzene rings is 1. The van der Waals surface area contributed by atoms with Crippen molar-refractivity contribution in [1.29, 1.82) is 0 Å². The van der Waals surface area contributed by atoms with Crippen molar-refractivity contribution in [3.8, 4) is 0 Å². The number of hydrogen-bond donors (Lipinski definition) is 2. The Morgan fingerprint density at radius 1 is 1.37 bits per heavy atom. The van der Waals surface area contributed by atoms with Crippen LogP contribution in [0.15, 0.2) is 30.5 Å². The van der Waals surface area contributed by atoms with Crippen LogP contribution < -0.4 is 0 Å². The standard InChI is InChI=1S/C15H19ClN2O/c1-3-10(2)14(12-6-4-5-7-13(12)16)15-17-8-11(9-19)18-15/h4-8,10,14,19H,3,9H2,1-2H3,(H,17,18). The van der Waals surface area contributed by atoms with Gasteiger partial charge in [-0.3, -0.25) is 0 Å². The molecule has 0 aliphatic heterocycles. The summed E-state index contributed by atoms with van der Waals surface area (Å²) in [4.78, 5) is 7.58. The molecule has 0 amide bonds. The summed E-state index contributed by atoms with van der Waals surface area (Å²) in [5, 5.41) is 9.92. The zero-order chi connectivity index (χ0) is 13.8. The van der Waals surface area contributed by atoms with Crippen LogP contribution in [0.3, 0.4) is 0 Å². The van der Waals surface area contributed by atoms with Gasteiger partial charge in [-0.2, -0.15) is 0 Å². The molecule has 1 aromatic carbocycles. The molecule has 0 spiro atoms. The van der Waals surface area contributed by atoms with Gasteiger partial charge < -0.3 is 10.1 Å². The van der Waals surface area contributed by atoms with Gasteiger partial charge in [0, 0.05) is 10.9 Å². The van der Waals surface area contributed by atoms with Gasteiger partial charge in [-0.05, 0) is 17.5 Å². The lowest BCUT2D eigenvalue weighted by Crippen LogP contribution is -2.13. The Morgan fingerprint density at radius 3 is 2.68 bits per heavy atom. The molecule has 0 saturated heterocycles. The summed E-state index contributed by atoms with van der Waals surface area (Å²) < 4.78 is 0. The third-order valence-corrected chi connectivity index (χ3v) is 3.91. The zero-order valence-electron chi connectivity index (χ0n) is 11.2. The van der Waals surface area contributed by atoms with Crippen molar-refractivity contribution >= 4 is 11.6 Å². The molecule has 0 aliphatic carbocycles. The summed E-state index contributed by atoms with van der Waals surface area (Å²) in [6, 6.07) is 7.87. The zero-order valence-corrected chi connectivity index (χ0v) is 12.0. The van der Waals surface area contributed by atoms with Gasteiger partial charge in [0.15, 0.2) is 0 Å². The first kappa shape index (κ1) is 14.1. The maximum Gasteiger partial charge on any atom is 0.114 e. The van der Waals surface area contributed by atoms with Crippen LogP contribution in [0.25, 0.3) is 0 Å². The van der Waals surface area contributed by atoms with E-state index in [-0.39, 0.29) is 12.5 Å². The SMILES string of the molecule is CCC(C)C(c1ncc(CO)[nH]1)c1ccccc1Cl. The lowest BCUT2D eigenvalue weighted by atomic mass is 9.85. The molecule has 102 valence electrons. The fraction of sp³-hybridized carbons (Fsp3) is 0.400. The number of imidazole rings is 1. The number of rotatable bonds is 5. The molecule has 0 aliphatic rings. The number of H-pyrrole nitrogens is 1. The third-order valence-electron chi connectivity index (χ3n) is 3.57. The van der Waals surface area contributed by atoms with E-state index in [4.69, 9.17) is 16.7 Å². The number of halogens is 1. The Balaban J connectivity index is 2.44. The minimum absolute atomic E-state index is 0.0251. The monoisotopic (exact) mass is 278 g/mol. The average molecular weight is 279 g/mol. The second-order valence-corrected chi connectivity index (χ2v) is 5.24. The summed E-state index contributed by atoms with van der Waals surface area (Å²) in [6.45, 7) is 4.32. The van der Waals surface area contributed by atoms with Crippen LogP contribution in [0.4, 0.5) is 0 Å². The summed E-state index contributed by atoms with van der Waals surface area (Å²) in [7, 11) is 0. The number of aliphatic hydroxyl groups is 1. The largest absolute Gasteiger partial charge is 0.390 e. The second kappa shape index (κ2) is 6.22. The molecule has 2 N–H and O–H groups in total. The molecule has 1 heterocycles.